The van der Waals surface area contributed by atoms with Crippen LogP contribution in [0.3, 0.4) is 0 Å². The zero-order valence-corrected chi connectivity index (χ0v) is 16.9. The highest BCUT2D eigenvalue weighted by Gasteiger charge is 2.22. The summed E-state index contributed by atoms with van der Waals surface area (Å²) in [4.78, 5) is 24.5. The third-order valence-electron chi connectivity index (χ3n) is 4.11. The molecule has 2 unspecified atom stereocenters. The van der Waals surface area contributed by atoms with Crippen LogP contribution in [0.4, 0.5) is 5.69 Å². The van der Waals surface area contributed by atoms with Gasteiger partial charge in [0.05, 0.1) is 5.56 Å². The van der Waals surface area contributed by atoms with Gasteiger partial charge in [0.15, 0.2) is 6.10 Å². The van der Waals surface area contributed by atoms with Crippen LogP contribution in [0.1, 0.15) is 49.0 Å². The van der Waals surface area contributed by atoms with Gasteiger partial charge in [-0.3, -0.25) is 4.79 Å². The molecule has 0 aliphatic carbocycles. The van der Waals surface area contributed by atoms with Gasteiger partial charge in [-0.15, -0.1) is 11.3 Å². The zero-order valence-electron chi connectivity index (χ0n) is 15.3. The van der Waals surface area contributed by atoms with Crippen LogP contribution in [-0.4, -0.2) is 26.4 Å². The number of hydrogen-bond donors (Lipinski definition) is 2. The Morgan fingerprint density at radius 1 is 1.26 bits per heavy atom. The van der Waals surface area contributed by atoms with Gasteiger partial charge in [0.25, 0.3) is 5.91 Å². The summed E-state index contributed by atoms with van der Waals surface area (Å²) in [5, 5.41) is 9.13. The molecule has 3 N–H and O–H groups in total. The van der Waals surface area contributed by atoms with E-state index in [9.17, 15) is 18.0 Å². The Morgan fingerprint density at radius 2 is 1.93 bits per heavy atom. The maximum absolute atomic E-state index is 12.4. The first-order chi connectivity index (χ1) is 12.6. The molecule has 0 bridgehead atoms. The van der Waals surface area contributed by atoms with Gasteiger partial charge in [0.1, 0.15) is 4.21 Å². The van der Waals surface area contributed by atoms with E-state index >= 15 is 0 Å². The van der Waals surface area contributed by atoms with E-state index < -0.39 is 28.0 Å². The number of carbonyl (C=O) groups is 2. The largest absolute Gasteiger partial charge is 0.449 e. The van der Waals surface area contributed by atoms with Crippen LogP contribution in [0.2, 0.25) is 0 Å². The maximum Gasteiger partial charge on any atom is 0.339 e. The summed E-state index contributed by atoms with van der Waals surface area (Å²) in [5.41, 5.74) is 1.71. The minimum absolute atomic E-state index is 0.0312. The number of nitrogens with two attached hydrogens (primary N) is 1. The minimum Gasteiger partial charge on any atom is -0.449 e. The highest BCUT2D eigenvalue weighted by Crippen LogP contribution is 2.27. The molecule has 1 aromatic heterocycles. The van der Waals surface area contributed by atoms with Crippen molar-refractivity contribution in [2.24, 2.45) is 5.14 Å². The molecule has 2 rings (SSSR count). The summed E-state index contributed by atoms with van der Waals surface area (Å²) >= 11 is 0.816. The lowest BCUT2D eigenvalue weighted by molar-refractivity contribution is -0.123. The Labute approximate surface area is 162 Å². The Balaban J connectivity index is 2.06. The highest BCUT2D eigenvalue weighted by atomic mass is 32.2. The smallest absolute Gasteiger partial charge is 0.339 e. The molecule has 0 radical (unpaired) electrons. The van der Waals surface area contributed by atoms with Crippen LogP contribution < -0.4 is 10.5 Å². The van der Waals surface area contributed by atoms with E-state index in [4.69, 9.17) is 9.88 Å². The average molecular weight is 411 g/mol. The summed E-state index contributed by atoms with van der Waals surface area (Å²) < 4.78 is 27.6. The highest BCUT2D eigenvalue weighted by molar-refractivity contribution is 7.91. The Kier molecular flexibility index (Phi) is 6.74. The number of anilines is 1. The Bertz CT molecular complexity index is 937. The first kappa shape index (κ1) is 21.1. The van der Waals surface area contributed by atoms with Gasteiger partial charge in [0, 0.05) is 11.1 Å². The van der Waals surface area contributed by atoms with Crippen molar-refractivity contribution in [3.8, 4) is 0 Å². The monoisotopic (exact) mass is 410 g/mol. The van der Waals surface area contributed by atoms with Crippen LogP contribution in [0, 0.1) is 0 Å². The number of sulfonamides is 1. The molecular weight excluding hydrogens is 388 g/mol. The Morgan fingerprint density at radius 3 is 2.52 bits per heavy atom. The van der Waals surface area contributed by atoms with Gasteiger partial charge in [-0.1, -0.05) is 32.0 Å². The third kappa shape index (κ3) is 5.38. The quantitative estimate of drug-likeness (QED) is 0.681. The SMILES string of the molecule is CCC(C)c1ccccc1NC(=O)C(C)OC(=O)c1csc(S(N)(=O)=O)c1. The molecule has 1 aromatic carbocycles. The van der Waals surface area contributed by atoms with Crippen molar-refractivity contribution in [3.63, 3.8) is 0 Å². The number of ether oxygens (including phenoxy) is 1. The first-order valence-electron chi connectivity index (χ1n) is 8.35. The number of esters is 1. The molecule has 0 saturated carbocycles. The average Bonchev–Trinajstić information content (AvgIpc) is 3.12. The van der Waals surface area contributed by atoms with Gasteiger partial charge in [-0.05, 0) is 37.0 Å². The second-order valence-electron chi connectivity index (χ2n) is 6.13. The van der Waals surface area contributed by atoms with E-state index in [-0.39, 0.29) is 15.7 Å². The first-order valence-corrected chi connectivity index (χ1v) is 10.8. The predicted octanol–water partition coefficient (Wildman–Crippen LogP) is 3.09. The lowest BCUT2D eigenvalue weighted by atomic mass is 9.97. The number of hydrogen-bond acceptors (Lipinski definition) is 6. The summed E-state index contributed by atoms with van der Waals surface area (Å²) in [7, 11) is -3.89. The summed E-state index contributed by atoms with van der Waals surface area (Å²) in [6.07, 6.45) is -0.137. The van der Waals surface area contributed by atoms with E-state index in [0.29, 0.717) is 5.69 Å². The summed E-state index contributed by atoms with van der Waals surface area (Å²) in [5.74, 6) is -0.998. The molecule has 0 saturated heterocycles. The molecular formula is C18H22N2O5S2. The second-order valence-corrected chi connectivity index (χ2v) is 8.83. The molecule has 0 aliphatic heterocycles. The fraction of sp³-hybridized carbons (Fsp3) is 0.333. The van der Waals surface area contributed by atoms with E-state index in [1.807, 2.05) is 18.2 Å². The van der Waals surface area contributed by atoms with Crippen molar-refractivity contribution in [2.75, 3.05) is 5.32 Å². The molecule has 27 heavy (non-hydrogen) atoms. The topological polar surface area (TPSA) is 116 Å². The normalized spacial score (nSPS) is 13.6. The van der Waals surface area contributed by atoms with Crippen molar-refractivity contribution in [1.82, 2.24) is 0 Å². The Hall–Kier alpha value is -2.23. The summed E-state index contributed by atoms with van der Waals surface area (Å²) in [6.45, 7) is 5.57. The fourth-order valence-electron chi connectivity index (χ4n) is 2.35. The molecule has 2 aromatic rings. The van der Waals surface area contributed by atoms with Crippen molar-refractivity contribution in [3.05, 3.63) is 46.8 Å². The van der Waals surface area contributed by atoms with Gasteiger partial charge in [-0.2, -0.15) is 0 Å². The van der Waals surface area contributed by atoms with Crippen LogP contribution >= 0.6 is 11.3 Å². The van der Waals surface area contributed by atoms with E-state index in [1.54, 1.807) is 6.07 Å². The van der Waals surface area contributed by atoms with Crippen LogP contribution in [0.15, 0.2) is 39.9 Å². The molecule has 2 atom stereocenters. The number of rotatable bonds is 7. The van der Waals surface area contributed by atoms with Crippen molar-refractivity contribution in [1.29, 1.82) is 0 Å². The van der Waals surface area contributed by atoms with Gasteiger partial charge >= 0.3 is 5.97 Å². The number of thiophene rings is 1. The van der Waals surface area contributed by atoms with Crippen molar-refractivity contribution < 1.29 is 22.7 Å². The second kappa shape index (κ2) is 8.64. The number of nitrogens with one attached hydrogen (secondary N) is 1. The lowest BCUT2D eigenvalue weighted by Gasteiger charge is -2.18. The molecule has 0 aliphatic rings. The van der Waals surface area contributed by atoms with Crippen molar-refractivity contribution in [2.45, 2.75) is 43.4 Å². The van der Waals surface area contributed by atoms with Crippen molar-refractivity contribution >= 4 is 38.9 Å². The van der Waals surface area contributed by atoms with Crippen LogP contribution in [0.25, 0.3) is 0 Å². The molecule has 1 amide bonds. The lowest BCUT2D eigenvalue weighted by Crippen LogP contribution is -2.30. The van der Waals surface area contributed by atoms with E-state index in [1.165, 1.54) is 12.3 Å². The van der Waals surface area contributed by atoms with Gasteiger partial charge < -0.3 is 10.1 Å². The van der Waals surface area contributed by atoms with E-state index in [2.05, 4.69) is 19.2 Å². The van der Waals surface area contributed by atoms with Gasteiger partial charge in [0.2, 0.25) is 10.0 Å². The number of para-hydroxylation sites is 1. The molecule has 7 nitrogen and oxygen atoms in total. The molecule has 0 fully saturated rings. The molecule has 9 heteroatoms. The predicted molar refractivity (Wildman–Crippen MR) is 104 cm³/mol. The zero-order chi connectivity index (χ0) is 20.2. The van der Waals surface area contributed by atoms with Gasteiger partial charge in [-0.25, -0.2) is 18.4 Å². The third-order valence-corrected chi connectivity index (χ3v) is 6.49. The number of benzene rings is 1. The number of amides is 1. The number of carbonyl (C=O) groups excluding carboxylic acids is 2. The van der Waals surface area contributed by atoms with Crippen LogP contribution in [0.5, 0.6) is 0 Å². The maximum atomic E-state index is 12.4. The van der Waals surface area contributed by atoms with Crippen LogP contribution in [-0.2, 0) is 19.6 Å². The number of primary sulfonamides is 1. The standard InChI is InChI=1S/C18H22N2O5S2/c1-4-11(2)14-7-5-6-8-15(14)20-17(21)12(3)25-18(22)13-9-16(26-10-13)27(19,23)24/h5-12H,4H2,1-3H3,(H,20,21)(H2,19,23,24). The molecule has 1 heterocycles. The fourth-order valence-corrected chi connectivity index (χ4v) is 3.92. The molecule has 0 spiro atoms. The minimum atomic E-state index is -3.89. The summed E-state index contributed by atoms with van der Waals surface area (Å²) in [6, 6.07) is 8.59. The molecule has 146 valence electrons. The van der Waals surface area contributed by atoms with E-state index in [0.717, 1.165) is 29.4 Å².